The summed E-state index contributed by atoms with van der Waals surface area (Å²) < 4.78 is 5.42. The van der Waals surface area contributed by atoms with Crippen LogP contribution in [-0.2, 0) is 4.79 Å². The quantitative estimate of drug-likeness (QED) is 0.577. The van der Waals surface area contributed by atoms with E-state index < -0.39 is 5.91 Å². The smallest absolute Gasteiger partial charge is 0.262 e. The van der Waals surface area contributed by atoms with Gasteiger partial charge in [-0.1, -0.05) is 59.6 Å². The van der Waals surface area contributed by atoms with Crippen LogP contribution in [0.1, 0.15) is 10.4 Å². The van der Waals surface area contributed by atoms with Gasteiger partial charge in [-0.15, -0.1) is 0 Å². The standard InChI is InChI=1S/C21H16Cl2N2O3/c22-16-10-6-11-17(23)20(16)28-13-19(26)25-18-12-5-4-9-15(18)21(27)24-14-7-2-1-3-8-14/h1-12H,13H2,(H,24,27)(H,25,26). The molecule has 0 aliphatic rings. The highest BCUT2D eigenvalue weighted by Gasteiger charge is 2.15. The van der Waals surface area contributed by atoms with Crippen molar-refractivity contribution in [1.29, 1.82) is 0 Å². The Bertz CT molecular complexity index is 974. The van der Waals surface area contributed by atoms with Crippen molar-refractivity contribution in [2.24, 2.45) is 0 Å². The summed E-state index contributed by atoms with van der Waals surface area (Å²) in [6.45, 7) is -0.307. The number of para-hydroxylation sites is 3. The van der Waals surface area contributed by atoms with E-state index in [9.17, 15) is 9.59 Å². The first-order valence-electron chi connectivity index (χ1n) is 8.36. The van der Waals surface area contributed by atoms with Crippen LogP contribution in [0, 0.1) is 0 Å². The van der Waals surface area contributed by atoms with E-state index in [1.165, 1.54) is 0 Å². The fourth-order valence-electron chi connectivity index (χ4n) is 2.45. The van der Waals surface area contributed by atoms with Crippen LogP contribution in [-0.4, -0.2) is 18.4 Å². The summed E-state index contributed by atoms with van der Waals surface area (Å²) in [6.07, 6.45) is 0. The second-order valence-corrected chi connectivity index (χ2v) is 6.57. The van der Waals surface area contributed by atoms with Crippen molar-refractivity contribution in [3.05, 3.63) is 88.4 Å². The first kappa shape index (κ1) is 19.7. The lowest BCUT2D eigenvalue weighted by molar-refractivity contribution is -0.118. The van der Waals surface area contributed by atoms with Crippen molar-refractivity contribution in [1.82, 2.24) is 0 Å². The maximum absolute atomic E-state index is 12.6. The average molecular weight is 415 g/mol. The molecule has 0 bridgehead atoms. The van der Waals surface area contributed by atoms with Gasteiger partial charge in [0.25, 0.3) is 11.8 Å². The lowest BCUT2D eigenvalue weighted by Crippen LogP contribution is -2.23. The summed E-state index contributed by atoms with van der Waals surface area (Å²) in [5, 5.41) is 6.08. The lowest BCUT2D eigenvalue weighted by Gasteiger charge is -2.13. The van der Waals surface area contributed by atoms with E-state index in [1.807, 2.05) is 18.2 Å². The van der Waals surface area contributed by atoms with Gasteiger partial charge in [-0.05, 0) is 36.4 Å². The molecule has 0 radical (unpaired) electrons. The molecule has 3 aromatic rings. The van der Waals surface area contributed by atoms with E-state index in [0.29, 0.717) is 27.0 Å². The molecule has 3 aromatic carbocycles. The highest BCUT2D eigenvalue weighted by atomic mass is 35.5. The molecule has 28 heavy (non-hydrogen) atoms. The summed E-state index contributed by atoms with van der Waals surface area (Å²) in [5.41, 5.74) is 1.36. The van der Waals surface area contributed by atoms with Crippen molar-refractivity contribution in [2.45, 2.75) is 0 Å². The largest absolute Gasteiger partial charge is 0.481 e. The number of benzene rings is 3. The van der Waals surface area contributed by atoms with E-state index in [2.05, 4.69) is 10.6 Å². The Morgan fingerprint density at radius 1 is 0.786 bits per heavy atom. The zero-order valence-electron chi connectivity index (χ0n) is 14.6. The third-order valence-corrected chi connectivity index (χ3v) is 4.34. The molecule has 5 nitrogen and oxygen atoms in total. The molecular weight excluding hydrogens is 399 g/mol. The van der Waals surface area contributed by atoms with E-state index in [0.717, 1.165) is 0 Å². The molecule has 0 saturated heterocycles. The number of nitrogens with one attached hydrogen (secondary N) is 2. The summed E-state index contributed by atoms with van der Waals surface area (Å²) in [7, 11) is 0. The zero-order chi connectivity index (χ0) is 19.9. The molecule has 0 spiro atoms. The predicted octanol–water partition coefficient (Wildman–Crippen LogP) is 5.26. The van der Waals surface area contributed by atoms with Crippen molar-refractivity contribution < 1.29 is 14.3 Å². The minimum atomic E-state index is -0.448. The number of carbonyl (C=O) groups excluding carboxylic acids is 2. The van der Waals surface area contributed by atoms with Gasteiger partial charge in [0, 0.05) is 5.69 Å². The third kappa shape index (κ3) is 5.03. The molecular formula is C21H16Cl2N2O3. The first-order chi connectivity index (χ1) is 13.5. The third-order valence-electron chi connectivity index (χ3n) is 3.74. The maximum Gasteiger partial charge on any atom is 0.262 e. The number of ether oxygens (including phenoxy) is 1. The normalized spacial score (nSPS) is 10.2. The van der Waals surface area contributed by atoms with Crippen molar-refractivity contribution in [2.75, 3.05) is 17.2 Å². The fourth-order valence-corrected chi connectivity index (χ4v) is 2.96. The van der Waals surface area contributed by atoms with Crippen LogP contribution in [0.2, 0.25) is 10.0 Å². The van der Waals surface area contributed by atoms with Gasteiger partial charge < -0.3 is 15.4 Å². The van der Waals surface area contributed by atoms with Gasteiger partial charge in [0.1, 0.15) is 0 Å². The molecule has 0 aliphatic carbocycles. The minimum absolute atomic E-state index is 0.232. The topological polar surface area (TPSA) is 67.4 Å². The second kappa shape index (κ2) is 9.26. The van der Waals surface area contributed by atoms with Gasteiger partial charge in [-0.3, -0.25) is 9.59 Å². The Balaban J connectivity index is 1.67. The van der Waals surface area contributed by atoms with Gasteiger partial charge in [-0.2, -0.15) is 0 Å². The van der Waals surface area contributed by atoms with Gasteiger partial charge in [0.2, 0.25) is 0 Å². The van der Waals surface area contributed by atoms with Gasteiger partial charge in [0.15, 0.2) is 12.4 Å². The molecule has 2 amide bonds. The van der Waals surface area contributed by atoms with Crippen molar-refractivity contribution in [3.8, 4) is 5.75 Å². The van der Waals surface area contributed by atoms with Crippen LogP contribution in [0.15, 0.2) is 72.8 Å². The van der Waals surface area contributed by atoms with E-state index in [4.69, 9.17) is 27.9 Å². The molecule has 0 atom stereocenters. The fraction of sp³-hybridized carbons (Fsp3) is 0.0476. The number of hydrogen-bond acceptors (Lipinski definition) is 3. The number of rotatable bonds is 6. The average Bonchev–Trinajstić information content (AvgIpc) is 2.69. The molecule has 0 saturated carbocycles. The Morgan fingerprint density at radius 2 is 1.43 bits per heavy atom. The summed E-state index contributed by atoms with van der Waals surface area (Å²) in [4.78, 5) is 24.8. The summed E-state index contributed by atoms with van der Waals surface area (Å²) in [5.74, 6) is -0.552. The Labute approximate surface area is 172 Å². The minimum Gasteiger partial charge on any atom is -0.481 e. The molecule has 0 unspecified atom stereocenters. The highest BCUT2D eigenvalue weighted by molar-refractivity contribution is 6.37. The molecule has 142 valence electrons. The molecule has 7 heteroatoms. The van der Waals surface area contributed by atoms with Crippen molar-refractivity contribution in [3.63, 3.8) is 0 Å². The molecule has 0 heterocycles. The van der Waals surface area contributed by atoms with Crippen LogP contribution in [0.4, 0.5) is 11.4 Å². The molecule has 0 aliphatic heterocycles. The predicted molar refractivity (Wildman–Crippen MR) is 111 cm³/mol. The van der Waals surface area contributed by atoms with Crippen LogP contribution in [0.5, 0.6) is 5.75 Å². The van der Waals surface area contributed by atoms with E-state index >= 15 is 0 Å². The number of carbonyl (C=O) groups is 2. The number of halogens is 2. The van der Waals surface area contributed by atoms with Crippen LogP contribution >= 0.6 is 23.2 Å². The Morgan fingerprint density at radius 3 is 2.14 bits per heavy atom. The SMILES string of the molecule is O=C(COc1c(Cl)cccc1Cl)Nc1ccccc1C(=O)Nc1ccccc1. The molecule has 2 N–H and O–H groups in total. The van der Waals surface area contributed by atoms with Crippen LogP contribution in [0.25, 0.3) is 0 Å². The Hall–Kier alpha value is -3.02. The van der Waals surface area contributed by atoms with Gasteiger partial charge in [-0.25, -0.2) is 0 Å². The number of amides is 2. The van der Waals surface area contributed by atoms with Gasteiger partial charge >= 0.3 is 0 Å². The van der Waals surface area contributed by atoms with Crippen molar-refractivity contribution >= 4 is 46.4 Å². The Kier molecular flexibility index (Phi) is 6.53. The molecule has 0 fully saturated rings. The van der Waals surface area contributed by atoms with Crippen LogP contribution in [0.3, 0.4) is 0 Å². The van der Waals surface area contributed by atoms with E-state index in [1.54, 1.807) is 54.6 Å². The molecule has 0 aromatic heterocycles. The second-order valence-electron chi connectivity index (χ2n) is 5.75. The lowest BCUT2D eigenvalue weighted by atomic mass is 10.1. The maximum atomic E-state index is 12.6. The summed E-state index contributed by atoms with van der Waals surface area (Å²) in [6, 6.07) is 20.7. The van der Waals surface area contributed by atoms with E-state index in [-0.39, 0.29) is 18.3 Å². The molecule has 3 rings (SSSR count). The van der Waals surface area contributed by atoms with Crippen LogP contribution < -0.4 is 15.4 Å². The highest BCUT2D eigenvalue weighted by Crippen LogP contribution is 2.32. The first-order valence-corrected chi connectivity index (χ1v) is 9.12. The zero-order valence-corrected chi connectivity index (χ0v) is 16.1. The monoisotopic (exact) mass is 414 g/mol. The van der Waals surface area contributed by atoms with Gasteiger partial charge in [0.05, 0.1) is 21.3 Å². The number of hydrogen-bond donors (Lipinski definition) is 2. The summed E-state index contributed by atoms with van der Waals surface area (Å²) >= 11 is 12.0. The number of anilines is 2.